The molecular formula is C34H36N2O6. The number of nitrogens with one attached hydrogen (secondary N) is 1. The van der Waals surface area contributed by atoms with Crippen molar-refractivity contribution in [2.75, 3.05) is 18.4 Å². The van der Waals surface area contributed by atoms with Crippen molar-refractivity contribution in [2.45, 2.75) is 39.9 Å². The SMILES string of the molecule is CCC(=O)Oc1c(NC(=O)N(CC(C)C)CC(O)C(=O)OCc2ccccc2)cccc1-c1cccc2ccccc12. The van der Waals surface area contributed by atoms with Crippen LogP contribution >= 0.6 is 0 Å². The van der Waals surface area contributed by atoms with Crippen LogP contribution in [0, 0.1) is 5.92 Å². The summed E-state index contributed by atoms with van der Waals surface area (Å²) in [4.78, 5) is 40.0. The Morgan fingerprint density at radius 2 is 1.50 bits per heavy atom. The quantitative estimate of drug-likeness (QED) is 0.160. The number of fused-ring (bicyclic) bond motifs is 1. The lowest BCUT2D eigenvalue weighted by Crippen LogP contribution is -2.45. The van der Waals surface area contributed by atoms with E-state index in [1.807, 2.05) is 92.7 Å². The lowest BCUT2D eigenvalue weighted by atomic mass is 9.97. The number of aliphatic hydroxyl groups is 1. The molecule has 4 aromatic rings. The van der Waals surface area contributed by atoms with Crippen LogP contribution in [0.3, 0.4) is 0 Å². The number of anilines is 1. The van der Waals surface area contributed by atoms with E-state index in [2.05, 4.69) is 5.32 Å². The van der Waals surface area contributed by atoms with Crippen LogP contribution in [0.2, 0.25) is 0 Å². The summed E-state index contributed by atoms with van der Waals surface area (Å²) >= 11 is 0. The van der Waals surface area contributed by atoms with Crippen molar-refractivity contribution < 1.29 is 29.0 Å². The first-order valence-electron chi connectivity index (χ1n) is 14.0. The van der Waals surface area contributed by atoms with Crippen molar-refractivity contribution in [2.24, 2.45) is 5.92 Å². The van der Waals surface area contributed by atoms with E-state index < -0.39 is 24.1 Å². The Kier molecular flexibility index (Phi) is 10.3. The molecule has 4 rings (SSSR count). The maximum atomic E-state index is 13.6. The monoisotopic (exact) mass is 568 g/mol. The number of hydrogen-bond donors (Lipinski definition) is 2. The minimum Gasteiger partial charge on any atom is -0.459 e. The molecule has 0 aliphatic heterocycles. The predicted molar refractivity (Wildman–Crippen MR) is 163 cm³/mol. The van der Waals surface area contributed by atoms with E-state index in [0.717, 1.165) is 21.9 Å². The van der Waals surface area contributed by atoms with Gasteiger partial charge in [0.15, 0.2) is 11.9 Å². The smallest absolute Gasteiger partial charge is 0.337 e. The Morgan fingerprint density at radius 1 is 0.833 bits per heavy atom. The van der Waals surface area contributed by atoms with Gasteiger partial charge in [-0.1, -0.05) is 106 Å². The van der Waals surface area contributed by atoms with Crippen LogP contribution < -0.4 is 10.1 Å². The van der Waals surface area contributed by atoms with E-state index in [0.29, 0.717) is 11.3 Å². The number of carbonyl (C=O) groups is 3. The summed E-state index contributed by atoms with van der Waals surface area (Å²) in [5, 5.41) is 15.5. The van der Waals surface area contributed by atoms with Crippen LogP contribution in [0.15, 0.2) is 91.0 Å². The first-order chi connectivity index (χ1) is 20.3. The van der Waals surface area contributed by atoms with Gasteiger partial charge in [0, 0.05) is 18.5 Å². The number of esters is 2. The number of para-hydroxylation sites is 1. The average molecular weight is 569 g/mol. The highest BCUT2D eigenvalue weighted by atomic mass is 16.5. The maximum Gasteiger partial charge on any atom is 0.337 e. The zero-order valence-corrected chi connectivity index (χ0v) is 24.1. The van der Waals surface area contributed by atoms with E-state index in [-0.39, 0.29) is 37.8 Å². The van der Waals surface area contributed by atoms with Gasteiger partial charge < -0.3 is 24.8 Å². The van der Waals surface area contributed by atoms with E-state index in [1.165, 1.54) is 4.90 Å². The second kappa shape index (κ2) is 14.3. The molecule has 0 heterocycles. The van der Waals surface area contributed by atoms with Gasteiger partial charge in [-0.15, -0.1) is 0 Å². The fourth-order valence-electron chi connectivity index (χ4n) is 4.59. The van der Waals surface area contributed by atoms with Crippen molar-refractivity contribution in [1.82, 2.24) is 4.90 Å². The van der Waals surface area contributed by atoms with Gasteiger partial charge >= 0.3 is 18.0 Å². The third-order valence-electron chi connectivity index (χ3n) is 6.60. The Bertz CT molecular complexity index is 1530. The molecule has 0 bridgehead atoms. The molecule has 218 valence electrons. The molecule has 0 saturated heterocycles. The lowest BCUT2D eigenvalue weighted by molar-refractivity contribution is -0.155. The van der Waals surface area contributed by atoms with E-state index in [9.17, 15) is 19.5 Å². The van der Waals surface area contributed by atoms with Crippen molar-refractivity contribution in [3.05, 3.63) is 96.6 Å². The molecule has 0 aliphatic rings. The Hall–Kier alpha value is -4.69. The molecule has 0 fully saturated rings. The van der Waals surface area contributed by atoms with Crippen molar-refractivity contribution in [3.8, 4) is 16.9 Å². The minimum absolute atomic E-state index is 0.0141. The van der Waals surface area contributed by atoms with E-state index in [1.54, 1.807) is 19.1 Å². The number of aliphatic hydroxyl groups excluding tert-OH is 1. The van der Waals surface area contributed by atoms with Gasteiger partial charge in [-0.05, 0) is 33.9 Å². The van der Waals surface area contributed by atoms with Crippen LogP contribution in [0.5, 0.6) is 5.75 Å². The molecule has 8 heteroatoms. The van der Waals surface area contributed by atoms with Gasteiger partial charge in [0.25, 0.3) is 0 Å². The van der Waals surface area contributed by atoms with Crippen LogP contribution in [-0.4, -0.2) is 47.2 Å². The first-order valence-corrected chi connectivity index (χ1v) is 14.0. The number of amides is 2. The van der Waals surface area contributed by atoms with Crippen molar-refractivity contribution in [3.63, 3.8) is 0 Å². The molecule has 0 aliphatic carbocycles. The summed E-state index contributed by atoms with van der Waals surface area (Å²) in [6, 6.07) is 27.6. The second-order valence-electron chi connectivity index (χ2n) is 10.4. The molecule has 8 nitrogen and oxygen atoms in total. The van der Waals surface area contributed by atoms with Gasteiger partial charge in [0.2, 0.25) is 0 Å². The fourth-order valence-corrected chi connectivity index (χ4v) is 4.59. The highest BCUT2D eigenvalue weighted by Gasteiger charge is 2.26. The highest BCUT2D eigenvalue weighted by molar-refractivity contribution is 6.01. The molecule has 0 saturated carbocycles. The Labute approximate surface area is 245 Å². The number of benzene rings is 4. The molecule has 2 N–H and O–H groups in total. The Morgan fingerprint density at radius 3 is 2.24 bits per heavy atom. The number of nitrogens with zero attached hydrogens (tertiary/aromatic N) is 1. The molecule has 0 aromatic heterocycles. The van der Waals surface area contributed by atoms with Crippen molar-refractivity contribution in [1.29, 1.82) is 0 Å². The molecule has 42 heavy (non-hydrogen) atoms. The number of hydrogen-bond acceptors (Lipinski definition) is 6. The summed E-state index contributed by atoms with van der Waals surface area (Å²) < 4.78 is 11.1. The topological polar surface area (TPSA) is 105 Å². The predicted octanol–water partition coefficient (Wildman–Crippen LogP) is 6.42. The van der Waals surface area contributed by atoms with Gasteiger partial charge in [-0.25, -0.2) is 9.59 Å². The fraction of sp³-hybridized carbons (Fsp3) is 0.265. The van der Waals surface area contributed by atoms with Gasteiger partial charge in [0.1, 0.15) is 6.61 Å². The summed E-state index contributed by atoms with van der Waals surface area (Å²) in [7, 11) is 0. The summed E-state index contributed by atoms with van der Waals surface area (Å²) in [6.07, 6.45) is -1.40. The number of rotatable bonds is 11. The highest BCUT2D eigenvalue weighted by Crippen LogP contribution is 2.40. The van der Waals surface area contributed by atoms with E-state index in [4.69, 9.17) is 9.47 Å². The molecule has 4 aromatic carbocycles. The molecule has 0 spiro atoms. The maximum absolute atomic E-state index is 13.6. The third-order valence-corrected chi connectivity index (χ3v) is 6.60. The first kappa shape index (κ1) is 30.3. The van der Waals surface area contributed by atoms with Crippen LogP contribution in [-0.2, 0) is 20.9 Å². The summed E-state index contributed by atoms with van der Waals surface area (Å²) in [6.45, 7) is 5.56. The van der Waals surface area contributed by atoms with Crippen LogP contribution in [0.4, 0.5) is 10.5 Å². The minimum atomic E-state index is -1.54. The molecule has 2 amide bonds. The Balaban J connectivity index is 1.59. The molecule has 1 unspecified atom stereocenters. The number of ether oxygens (including phenoxy) is 2. The molecule has 0 radical (unpaired) electrons. The largest absolute Gasteiger partial charge is 0.459 e. The zero-order valence-electron chi connectivity index (χ0n) is 24.1. The molecular weight excluding hydrogens is 532 g/mol. The van der Waals surface area contributed by atoms with E-state index >= 15 is 0 Å². The number of carbonyl (C=O) groups excluding carboxylic acids is 3. The summed E-state index contributed by atoms with van der Waals surface area (Å²) in [5.74, 6) is -1.01. The van der Waals surface area contributed by atoms with Gasteiger partial charge in [-0.3, -0.25) is 4.79 Å². The molecule has 1 atom stereocenters. The van der Waals surface area contributed by atoms with Crippen LogP contribution in [0.25, 0.3) is 21.9 Å². The number of urea groups is 1. The summed E-state index contributed by atoms with van der Waals surface area (Å²) in [5.41, 5.74) is 2.57. The average Bonchev–Trinajstić information content (AvgIpc) is 3.00. The van der Waals surface area contributed by atoms with Crippen molar-refractivity contribution >= 4 is 34.4 Å². The lowest BCUT2D eigenvalue weighted by Gasteiger charge is -2.27. The zero-order chi connectivity index (χ0) is 30.1. The standard InChI is InChI=1S/C34H36N2O6/c1-4-31(38)42-32-28(27-17-10-15-25-14-8-9-16-26(25)27)18-11-19-29(32)35-34(40)36(20-23(2)3)21-30(37)33(39)41-22-24-12-6-5-7-13-24/h5-19,23,30,37H,4,20-22H2,1-3H3,(H,35,40). The van der Waals surface area contributed by atoms with Gasteiger partial charge in [0.05, 0.1) is 12.2 Å². The second-order valence-corrected chi connectivity index (χ2v) is 10.4. The van der Waals surface area contributed by atoms with Crippen LogP contribution in [0.1, 0.15) is 32.8 Å². The van der Waals surface area contributed by atoms with Gasteiger partial charge in [-0.2, -0.15) is 0 Å². The third kappa shape index (κ3) is 7.73. The normalized spacial score (nSPS) is 11.6.